The molecule has 112 valence electrons. The zero-order valence-electron chi connectivity index (χ0n) is 12.5. The lowest BCUT2D eigenvalue weighted by atomic mass is 9.81. The van der Waals surface area contributed by atoms with Crippen LogP contribution in [0.1, 0.15) is 57.6 Å². The molecule has 0 amide bonds. The molecule has 1 aromatic rings. The molecule has 0 aliphatic heterocycles. The Balaban J connectivity index is 1.78. The van der Waals surface area contributed by atoms with Crippen molar-refractivity contribution >= 4 is 0 Å². The smallest absolute Gasteiger partial charge is 0.126 e. The highest BCUT2D eigenvalue weighted by atomic mass is 19.1. The third-order valence-electron chi connectivity index (χ3n) is 4.43. The Bertz CT molecular complexity index is 413. The van der Waals surface area contributed by atoms with Crippen LogP contribution in [-0.4, -0.2) is 6.54 Å². The van der Waals surface area contributed by atoms with Crippen molar-refractivity contribution in [1.82, 2.24) is 5.32 Å². The number of halogens is 2. The van der Waals surface area contributed by atoms with Crippen LogP contribution in [-0.2, 0) is 0 Å². The molecular weight excluding hydrogens is 256 g/mol. The largest absolute Gasteiger partial charge is 0.310 e. The molecule has 1 aliphatic rings. The van der Waals surface area contributed by atoms with Gasteiger partial charge in [0.2, 0.25) is 0 Å². The maximum Gasteiger partial charge on any atom is 0.126 e. The maximum absolute atomic E-state index is 13.2. The first-order valence-corrected chi connectivity index (χ1v) is 7.74. The van der Waals surface area contributed by atoms with Crippen molar-refractivity contribution in [3.8, 4) is 0 Å². The summed E-state index contributed by atoms with van der Waals surface area (Å²) in [6, 6.07) is 3.72. The van der Waals surface area contributed by atoms with Gasteiger partial charge in [0.25, 0.3) is 0 Å². The van der Waals surface area contributed by atoms with Crippen molar-refractivity contribution in [2.75, 3.05) is 6.54 Å². The van der Waals surface area contributed by atoms with Crippen LogP contribution in [0.4, 0.5) is 8.78 Å². The molecule has 0 aromatic heterocycles. The summed E-state index contributed by atoms with van der Waals surface area (Å²) >= 11 is 0. The van der Waals surface area contributed by atoms with Gasteiger partial charge >= 0.3 is 0 Å². The molecule has 0 radical (unpaired) electrons. The van der Waals surface area contributed by atoms with E-state index in [2.05, 4.69) is 12.2 Å². The maximum atomic E-state index is 13.2. The average molecular weight is 281 g/mol. The van der Waals surface area contributed by atoms with Crippen LogP contribution >= 0.6 is 0 Å². The molecule has 3 unspecified atom stereocenters. The monoisotopic (exact) mass is 281 g/mol. The van der Waals surface area contributed by atoms with Crippen LogP contribution in [0.5, 0.6) is 0 Å². The summed E-state index contributed by atoms with van der Waals surface area (Å²) in [6.07, 6.45) is 6.52. The molecule has 2 rings (SSSR count). The highest BCUT2D eigenvalue weighted by molar-refractivity contribution is 5.20. The number of benzene rings is 1. The first-order valence-electron chi connectivity index (χ1n) is 7.74. The van der Waals surface area contributed by atoms with Crippen molar-refractivity contribution < 1.29 is 8.78 Å². The summed E-state index contributed by atoms with van der Waals surface area (Å²) in [7, 11) is 0. The van der Waals surface area contributed by atoms with E-state index in [0.717, 1.165) is 30.9 Å². The minimum Gasteiger partial charge on any atom is -0.310 e. The van der Waals surface area contributed by atoms with E-state index in [1.807, 2.05) is 6.92 Å². The van der Waals surface area contributed by atoms with Crippen molar-refractivity contribution in [2.24, 2.45) is 11.8 Å². The summed E-state index contributed by atoms with van der Waals surface area (Å²) in [5, 5.41) is 3.38. The van der Waals surface area contributed by atoms with Gasteiger partial charge in [-0.05, 0) is 55.8 Å². The van der Waals surface area contributed by atoms with Crippen molar-refractivity contribution in [2.45, 2.75) is 52.0 Å². The fourth-order valence-corrected chi connectivity index (χ4v) is 3.27. The molecular formula is C17H25F2N. The molecule has 20 heavy (non-hydrogen) atoms. The summed E-state index contributed by atoms with van der Waals surface area (Å²) in [4.78, 5) is 0. The summed E-state index contributed by atoms with van der Waals surface area (Å²) < 4.78 is 26.4. The zero-order valence-corrected chi connectivity index (χ0v) is 12.5. The fraction of sp³-hybridized carbons (Fsp3) is 0.647. The Morgan fingerprint density at radius 2 is 1.90 bits per heavy atom. The van der Waals surface area contributed by atoms with Crippen molar-refractivity contribution in [3.63, 3.8) is 0 Å². The van der Waals surface area contributed by atoms with Gasteiger partial charge in [0.15, 0.2) is 0 Å². The minimum atomic E-state index is -0.505. The van der Waals surface area contributed by atoms with E-state index in [1.165, 1.54) is 37.8 Å². The van der Waals surface area contributed by atoms with Gasteiger partial charge in [-0.25, -0.2) is 8.78 Å². The summed E-state index contributed by atoms with van der Waals surface area (Å²) in [5.74, 6) is 0.649. The standard InChI is InChI=1S/C17H25F2N/c1-12-4-3-5-14(8-12)6-7-20-13(2)15-9-16(18)11-17(19)10-15/h9-14,20H,3-8H2,1-2H3. The predicted molar refractivity (Wildman–Crippen MR) is 78.5 cm³/mol. The topological polar surface area (TPSA) is 12.0 Å². The molecule has 1 N–H and O–H groups in total. The van der Waals surface area contributed by atoms with E-state index in [-0.39, 0.29) is 6.04 Å². The Hall–Kier alpha value is -0.960. The lowest BCUT2D eigenvalue weighted by molar-refractivity contribution is 0.265. The van der Waals surface area contributed by atoms with Gasteiger partial charge in [-0.3, -0.25) is 0 Å². The molecule has 3 heteroatoms. The Morgan fingerprint density at radius 1 is 1.20 bits per heavy atom. The fourth-order valence-electron chi connectivity index (χ4n) is 3.27. The Morgan fingerprint density at radius 3 is 2.55 bits per heavy atom. The minimum absolute atomic E-state index is 0.0128. The third kappa shape index (κ3) is 4.55. The van der Waals surface area contributed by atoms with Crippen LogP contribution in [0.15, 0.2) is 18.2 Å². The highest BCUT2D eigenvalue weighted by Crippen LogP contribution is 2.30. The second-order valence-corrected chi connectivity index (χ2v) is 6.31. The van der Waals surface area contributed by atoms with Crippen molar-refractivity contribution in [1.29, 1.82) is 0 Å². The van der Waals surface area contributed by atoms with Gasteiger partial charge in [-0.15, -0.1) is 0 Å². The average Bonchev–Trinajstić information content (AvgIpc) is 2.37. The molecule has 0 heterocycles. The Labute approximate surface area is 120 Å². The van der Waals surface area contributed by atoms with E-state index < -0.39 is 11.6 Å². The molecule has 0 saturated heterocycles. The number of hydrogen-bond donors (Lipinski definition) is 1. The lowest BCUT2D eigenvalue weighted by Crippen LogP contribution is -2.24. The lowest BCUT2D eigenvalue weighted by Gasteiger charge is -2.27. The molecule has 1 fully saturated rings. The first kappa shape index (κ1) is 15.4. The van der Waals surface area contributed by atoms with Gasteiger partial charge in [-0.2, -0.15) is 0 Å². The first-order chi connectivity index (χ1) is 9.54. The number of nitrogens with one attached hydrogen (secondary N) is 1. The van der Waals surface area contributed by atoms with Crippen molar-refractivity contribution in [3.05, 3.63) is 35.4 Å². The van der Waals surface area contributed by atoms with Gasteiger partial charge in [0.1, 0.15) is 11.6 Å². The normalized spacial score (nSPS) is 24.6. The van der Waals surface area contributed by atoms with Crippen LogP contribution in [0, 0.1) is 23.5 Å². The molecule has 1 nitrogen and oxygen atoms in total. The predicted octanol–water partition coefficient (Wildman–Crippen LogP) is 4.83. The van der Waals surface area contributed by atoms with Crippen LogP contribution in [0.25, 0.3) is 0 Å². The third-order valence-corrected chi connectivity index (χ3v) is 4.43. The SMILES string of the molecule is CC1CCCC(CCNC(C)c2cc(F)cc(F)c2)C1. The van der Waals surface area contributed by atoms with Crippen LogP contribution in [0.2, 0.25) is 0 Å². The molecule has 0 spiro atoms. The van der Waals surface area contributed by atoms with E-state index in [9.17, 15) is 8.78 Å². The molecule has 1 aliphatic carbocycles. The van der Waals surface area contributed by atoms with E-state index in [1.54, 1.807) is 0 Å². The van der Waals surface area contributed by atoms with Gasteiger partial charge in [-0.1, -0.05) is 26.2 Å². The summed E-state index contributed by atoms with van der Waals surface area (Å²) in [5.41, 5.74) is 0.680. The van der Waals surface area contributed by atoms with E-state index >= 15 is 0 Å². The zero-order chi connectivity index (χ0) is 14.5. The van der Waals surface area contributed by atoms with E-state index in [4.69, 9.17) is 0 Å². The van der Waals surface area contributed by atoms with Crippen LogP contribution in [0.3, 0.4) is 0 Å². The second-order valence-electron chi connectivity index (χ2n) is 6.31. The second kappa shape index (κ2) is 7.16. The summed E-state index contributed by atoms with van der Waals surface area (Å²) in [6.45, 7) is 5.20. The number of hydrogen-bond acceptors (Lipinski definition) is 1. The van der Waals surface area contributed by atoms with E-state index in [0.29, 0.717) is 5.56 Å². The van der Waals surface area contributed by atoms with Gasteiger partial charge in [0, 0.05) is 12.1 Å². The molecule has 1 aromatic carbocycles. The highest BCUT2D eigenvalue weighted by Gasteiger charge is 2.18. The molecule has 0 bridgehead atoms. The van der Waals surface area contributed by atoms with Gasteiger partial charge < -0.3 is 5.32 Å². The quantitative estimate of drug-likeness (QED) is 0.815. The number of rotatable bonds is 5. The molecule has 3 atom stereocenters. The van der Waals surface area contributed by atoms with Gasteiger partial charge in [0.05, 0.1) is 0 Å². The molecule has 1 saturated carbocycles. The van der Waals surface area contributed by atoms with Crippen LogP contribution < -0.4 is 5.32 Å². The Kier molecular flexibility index (Phi) is 5.53.